The summed E-state index contributed by atoms with van der Waals surface area (Å²) in [5.74, 6) is 0.838. The van der Waals surface area contributed by atoms with Crippen LogP contribution in [0.15, 0.2) is 18.2 Å². The number of benzene rings is 1. The molecule has 0 aliphatic rings. The Hall–Kier alpha value is -1.81. The molecular formula is C14H19N3O. The standard InChI is InChI=1S/C14H19N3O/c1-9-4-5-13(18-3)12(8-9)14-11(6-7-15)10(2)16-17-14/h4-5,8H,6-7,15H2,1-3H3,(H,16,17). The van der Waals surface area contributed by atoms with Crippen molar-refractivity contribution in [2.75, 3.05) is 13.7 Å². The summed E-state index contributed by atoms with van der Waals surface area (Å²) in [5.41, 5.74) is 11.0. The summed E-state index contributed by atoms with van der Waals surface area (Å²) >= 11 is 0. The summed E-state index contributed by atoms with van der Waals surface area (Å²) in [6.45, 7) is 4.69. The molecule has 0 atom stereocenters. The molecule has 4 nitrogen and oxygen atoms in total. The fourth-order valence-electron chi connectivity index (χ4n) is 2.13. The summed E-state index contributed by atoms with van der Waals surface area (Å²) < 4.78 is 5.41. The number of aromatic amines is 1. The molecule has 18 heavy (non-hydrogen) atoms. The average Bonchev–Trinajstić information content (AvgIpc) is 2.72. The second-order valence-corrected chi connectivity index (χ2v) is 4.42. The molecule has 2 aromatic rings. The molecule has 0 saturated carbocycles. The first-order valence-electron chi connectivity index (χ1n) is 6.06. The molecule has 0 radical (unpaired) electrons. The number of nitrogens with zero attached hydrogens (tertiary/aromatic N) is 1. The van der Waals surface area contributed by atoms with Crippen LogP contribution >= 0.6 is 0 Å². The van der Waals surface area contributed by atoms with E-state index < -0.39 is 0 Å². The fraction of sp³-hybridized carbons (Fsp3) is 0.357. The maximum Gasteiger partial charge on any atom is 0.128 e. The maximum atomic E-state index is 5.66. The number of H-pyrrole nitrogens is 1. The third-order valence-electron chi connectivity index (χ3n) is 3.08. The predicted molar refractivity (Wildman–Crippen MR) is 72.8 cm³/mol. The molecule has 1 aromatic carbocycles. The summed E-state index contributed by atoms with van der Waals surface area (Å²) in [4.78, 5) is 0. The Balaban J connectivity index is 2.57. The van der Waals surface area contributed by atoms with Crippen LogP contribution in [0.25, 0.3) is 11.3 Å². The van der Waals surface area contributed by atoms with E-state index in [4.69, 9.17) is 10.5 Å². The molecule has 0 aliphatic carbocycles. The topological polar surface area (TPSA) is 63.9 Å². The van der Waals surface area contributed by atoms with Crippen LogP contribution < -0.4 is 10.5 Å². The number of hydrogen-bond donors (Lipinski definition) is 2. The minimum atomic E-state index is 0.613. The second-order valence-electron chi connectivity index (χ2n) is 4.42. The number of nitrogens with two attached hydrogens (primary N) is 1. The minimum absolute atomic E-state index is 0.613. The van der Waals surface area contributed by atoms with E-state index in [0.29, 0.717) is 6.54 Å². The Bertz CT molecular complexity index is 546. The van der Waals surface area contributed by atoms with Crippen molar-refractivity contribution < 1.29 is 4.74 Å². The molecule has 0 bridgehead atoms. The van der Waals surface area contributed by atoms with Gasteiger partial charge < -0.3 is 10.5 Å². The highest BCUT2D eigenvalue weighted by Crippen LogP contribution is 2.32. The summed E-state index contributed by atoms with van der Waals surface area (Å²) in [5, 5.41) is 7.42. The van der Waals surface area contributed by atoms with E-state index in [9.17, 15) is 0 Å². The van der Waals surface area contributed by atoms with E-state index in [0.717, 1.165) is 29.1 Å². The number of hydrogen-bond acceptors (Lipinski definition) is 3. The average molecular weight is 245 g/mol. The molecule has 4 heteroatoms. The van der Waals surface area contributed by atoms with Crippen LogP contribution in [0.4, 0.5) is 0 Å². The first-order chi connectivity index (χ1) is 8.67. The number of rotatable bonds is 4. The van der Waals surface area contributed by atoms with Crippen molar-refractivity contribution in [1.29, 1.82) is 0 Å². The normalized spacial score (nSPS) is 10.7. The molecule has 1 heterocycles. The summed E-state index contributed by atoms with van der Waals surface area (Å²) in [6, 6.07) is 6.10. The van der Waals surface area contributed by atoms with Gasteiger partial charge in [-0.25, -0.2) is 0 Å². The van der Waals surface area contributed by atoms with Crippen molar-refractivity contribution in [2.24, 2.45) is 5.73 Å². The van der Waals surface area contributed by atoms with E-state index in [-0.39, 0.29) is 0 Å². The summed E-state index contributed by atoms with van der Waals surface area (Å²) in [6.07, 6.45) is 0.814. The van der Waals surface area contributed by atoms with E-state index >= 15 is 0 Å². The van der Waals surface area contributed by atoms with Crippen molar-refractivity contribution in [2.45, 2.75) is 20.3 Å². The predicted octanol–water partition coefficient (Wildman–Crippen LogP) is 2.20. The highest BCUT2D eigenvalue weighted by molar-refractivity contribution is 5.71. The zero-order valence-electron chi connectivity index (χ0n) is 11.1. The van der Waals surface area contributed by atoms with Gasteiger partial charge in [0.05, 0.1) is 12.8 Å². The lowest BCUT2D eigenvalue weighted by Crippen LogP contribution is -2.04. The third kappa shape index (κ3) is 2.24. The van der Waals surface area contributed by atoms with Gasteiger partial charge >= 0.3 is 0 Å². The van der Waals surface area contributed by atoms with Crippen molar-refractivity contribution in [3.05, 3.63) is 35.0 Å². The van der Waals surface area contributed by atoms with Gasteiger partial charge in [-0.05, 0) is 38.9 Å². The molecule has 0 unspecified atom stereocenters. The van der Waals surface area contributed by atoms with Crippen molar-refractivity contribution >= 4 is 0 Å². The Morgan fingerprint density at radius 2 is 2.11 bits per heavy atom. The first kappa shape index (κ1) is 12.6. The lowest BCUT2D eigenvalue weighted by atomic mass is 10.0. The van der Waals surface area contributed by atoms with E-state index in [1.165, 1.54) is 11.1 Å². The molecule has 96 valence electrons. The van der Waals surface area contributed by atoms with Gasteiger partial charge in [0.25, 0.3) is 0 Å². The number of nitrogens with one attached hydrogen (secondary N) is 1. The molecule has 0 fully saturated rings. The van der Waals surface area contributed by atoms with Crippen LogP contribution in [0.1, 0.15) is 16.8 Å². The van der Waals surface area contributed by atoms with Crippen LogP contribution in [-0.4, -0.2) is 23.9 Å². The molecule has 1 aromatic heterocycles. The Morgan fingerprint density at radius 3 is 2.78 bits per heavy atom. The third-order valence-corrected chi connectivity index (χ3v) is 3.08. The van der Waals surface area contributed by atoms with Crippen molar-refractivity contribution in [3.8, 4) is 17.0 Å². The first-order valence-corrected chi connectivity index (χ1v) is 6.06. The minimum Gasteiger partial charge on any atom is -0.496 e. The molecule has 2 rings (SSSR count). The Kier molecular flexibility index (Phi) is 3.67. The highest BCUT2D eigenvalue weighted by Gasteiger charge is 2.15. The van der Waals surface area contributed by atoms with Crippen LogP contribution in [-0.2, 0) is 6.42 Å². The molecule has 3 N–H and O–H groups in total. The SMILES string of the molecule is COc1ccc(C)cc1-c1n[nH]c(C)c1CCN. The van der Waals surface area contributed by atoms with Gasteiger partial charge in [-0.2, -0.15) is 5.10 Å². The van der Waals surface area contributed by atoms with E-state index in [1.807, 2.05) is 19.1 Å². The lowest BCUT2D eigenvalue weighted by molar-refractivity contribution is 0.416. The highest BCUT2D eigenvalue weighted by atomic mass is 16.5. The van der Waals surface area contributed by atoms with Crippen LogP contribution in [0, 0.1) is 13.8 Å². The van der Waals surface area contributed by atoms with Gasteiger partial charge in [0.15, 0.2) is 0 Å². The smallest absolute Gasteiger partial charge is 0.128 e. The zero-order valence-corrected chi connectivity index (χ0v) is 11.1. The van der Waals surface area contributed by atoms with E-state index in [2.05, 4.69) is 23.2 Å². The summed E-state index contributed by atoms with van der Waals surface area (Å²) in [7, 11) is 1.68. The monoisotopic (exact) mass is 245 g/mol. The molecule has 0 amide bonds. The van der Waals surface area contributed by atoms with Crippen LogP contribution in [0.2, 0.25) is 0 Å². The Labute approximate surface area is 107 Å². The van der Waals surface area contributed by atoms with E-state index in [1.54, 1.807) is 7.11 Å². The van der Waals surface area contributed by atoms with Crippen molar-refractivity contribution in [1.82, 2.24) is 10.2 Å². The van der Waals surface area contributed by atoms with Gasteiger partial charge in [-0.1, -0.05) is 11.6 Å². The molecular weight excluding hydrogens is 226 g/mol. The maximum absolute atomic E-state index is 5.66. The quantitative estimate of drug-likeness (QED) is 0.868. The van der Waals surface area contributed by atoms with Gasteiger partial charge in [0, 0.05) is 16.8 Å². The Morgan fingerprint density at radius 1 is 1.33 bits per heavy atom. The van der Waals surface area contributed by atoms with Crippen LogP contribution in [0.5, 0.6) is 5.75 Å². The zero-order chi connectivity index (χ0) is 13.1. The van der Waals surface area contributed by atoms with Gasteiger partial charge in [-0.15, -0.1) is 0 Å². The lowest BCUT2D eigenvalue weighted by Gasteiger charge is -2.09. The van der Waals surface area contributed by atoms with Gasteiger partial charge in [-0.3, -0.25) is 5.10 Å². The molecule has 0 aliphatic heterocycles. The number of aryl methyl sites for hydroxylation is 2. The number of aromatic nitrogens is 2. The van der Waals surface area contributed by atoms with Crippen molar-refractivity contribution in [3.63, 3.8) is 0 Å². The second kappa shape index (κ2) is 5.23. The van der Waals surface area contributed by atoms with Crippen LogP contribution in [0.3, 0.4) is 0 Å². The molecule has 0 saturated heterocycles. The number of methoxy groups -OCH3 is 1. The fourth-order valence-corrected chi connectivity index (χ4v) is 2.13. The van der Waals surface area contributed by atoms with Gasteiger partial charge in [0.2, 0.25) is 0 Å². The largest absolute Gasteiger partial charge is 0.496 e. The molecule has 0 spiro atoms. The van der Waals surface area contributed by atoms with Gasteiger partial charge in [0.1, 0.15) is 5.75 Å². The number of ether oxygens (including phenoxy) is 1.